The largest absolute Gasteiger partial charge is 0.440 e. The first-order valence-electron chi connectivity index (χ1n) is 5.01. The van der Waals surface area contributed by atoms with Crippen LogP contribution in [0, 0.1) is 0 Å². The lowest BCUT2D eigenvalue weighted by molar-refractivity contribution is 0.180. The highest BCUT2D eigenvalue weighted by Crippen LogP contribution is 2.16. The van der Waals surface area contributed by atoms with E-state index in [-0.39, 0.29) is 6.04 Å². The van der Waals surface area contributed by atoms with Crippen LogP contribution in [0.2, 0.25) is 0 Å². The van der Waals surface area contributed by atoms with E-state index in [4.69, 9.17) is 4.52 Å². The number of aromatic nitrogens is 2. The second kappa shape index (κ2) is 4.83. The van der Waals surface area contributed by atoms with E-state index in [0.29, 0.717) is 0 Å². The van der Waals surface area contributed by atoms with Gasteiger partial charge in [-0.3, -0.25) is 0 Å². The fourth-order valence-corrected chi connectivity index (χ4v) is 1.58. The molecule has 1 aromatic heterocycles. The third-order valence-electron chi connectivity index (χ3n) is 2.17. The summed E-state index contributed by atoms with van der Waals surface area (Å²) in [6, 6.07) is 0.0106. The smallest absolute Gasteiger partial charge is 0.317 e. The van der Waals surface area contributed by atoms with Gasteiger partial charge in [0.25, 0.3) is 0 Å². The van der Waals surface area contributed by atoms with Crippen molar-refractivity contribution in [3.05, 3.63) is 21.0 Å². The van der Waals surface area contributed by atoms with Crippen molar-refractivity contribution >= 4 is 0 Å². The summed E-state index contributed by atoms with van der Waals surface area (Å²) in [4.78, 5) is 24.1. The zero-order valence-electron chi connectivity index (χ0n) is 8.58. The van der Waals surface area contributed by atoms with Gasteiger partial charge >= 0.3 is 11.4 Å². The Bertz CT molecular complexity index is 368. The summed E-state index contributed by atoms with van der Waals surface area (Å²) in [5.41, 5.74) is -0.443. The SMILES string of the molecule is CCCC(CCC)n1oc(=O)[nH]c1=O. The zero-order chi connectivity index (χ0) is 10.6. The van der Waals surface area contributed by atoms with E-state index in [2.05, 4.69) is 4.98 Å². The van der Waals surface area contributed by atoms with Gasteiger partial charge in [0, 0.05) is 0 Å². The van der Waals surface area contributed by atoms with Crippen molar-refractivity contribution in [3.63, 3.8) is 0 Å². The second-order valence-corrected chi connectivity index (χ2v) is 3.37. The summed E-state index contributed by atoms with van der Waals surface area (Å²) in [6.07, 6.45) is 3.64. The third-order valence-corrected chi connectivity index (χ3v) is 2.17. The van der Waals surface area contributed by atoms with Gasteiger partial charge in [0.05, 0.1) is 6.04 Å². The summed E-state index contributed by atoms with van der Waals surface area (Å²) in [6.45, 7) is 4.08. The number of nitrogens with zero attached hydrogens (tertiary/aromatic N) is 1. The molecule has 0 aromatic carbocycles. The van der Waals surface area contributed by atoms with Crippen LogP contribution in [-0.4, -0.2) is 9.72 Å². The Morgan fingerprint density at radius 2 is 1.86 bits per heavy atom. The van der Waals surface area contributed by atoms with Crippen LogP contribution in [0.1, 0.15) is 45.6 Å². The first-order chi connectivity index (χ1) is 6.69. The van der Waals surface area contributed by atoms with Crippen LogP contribution in [0.5, 0.6) is 0 Å². The molecule has 1 heterocycles. The van der Waals surface area contributed by atoms with Gasteiger partial charge in [0.2, 0.25) is 0 Å². The summed E-state index contributed by atoms with van der Waals surface area (Å²) in [7, 11) is 0. The molecular weight excluding hydrogens is 184 g/mol. The highest BCUT2D eigenvalue weighted by atomic mass is 16.5. The molecule has 0 aliphatic carbocycles. The Morgan fingerprint density at radius 1 is 1.29 bits per heavy atom. The molecule has 5 heteroatoms. The predicted molar refractivity (Wildman–Crippen MR) is 52.4 cm³/mol. The quantitative estimate of drug-likeness (QED) is 0.778. The minimum atomic E-state index is -0.674. The van der Waals surface area contributed by atoms with Crippen molar-refractivity contribution in [2.75, 3.05) is 0 Å². The van der Waals surface area contributed by atoms with Gasteiger partial charge in [-0.05, 0) is 12.8 Å². The first-order valence-corrected chi connectivity index (χ1v) is 5.01. The molecule has 0 saturated heterocycles. The lowest BCUT2D eigenvalue weighted by atomic mass is 10.1. The average molecular weight is 200 g/mol. The summed E-state index contributed by atoms with van der Waals surface area (Å²) in [5.74, 6) is -0.674. The monoisotopic (exact) mass is 200 g/mol. The zero-order valence-corrected chi connectivity index (χ0v) is 8.58. The minimum absolute atomic E-state index is 0.0106. The molecule has 0 radical (unpaired) electrons. The van der Waals surface area contributed by atoms with E-state index < -0.39 is 11.4 Å². The molecule has 0 bridgehead atoms. The number of nitrogens with one attached hydrogen (secondary N) is 1. The maximum Gasteiger partial charge on any atom is 0.440 e. The molecule has 1 N–H and O–H groups in total. The van der Waals surface area contributed by atoms with Crippen LogP contribution in [0.4, 0.5) is 0 Å². The topological polar surface area (TPSA) is 68.0 Å². The van der Waals surface area contributed by atoms with Crippen LogP contribution >= 0.6 is 0 Å². The molecule has 0 fully saturated rings. The van der Waals surface area contributed by atoms with Gasteiger partial charge in [0.15, 0.2) is 0 Å². The van der Waals surface area contributed by atoms with E-state index in [9.17, 15) is 9.59 Å². The second-order valence-electron chi connectivity index (χ2n) is 3.37. The fourth-order valence-electron chi connectivity index (χ4n) is 1.58. The lowest BCUT2D eigenvalue weighted by Gasteiger charge is -2.12. The van der Waals surface area contributed by atoms with Crippen LogP contribution in [0.3, 0.4) is 0 Å². The number of hydrogen-bond donors (Lipinski definition) is 1. The Labute approximate surface area is 81.7 Å². The van der Waals surface area contributed by atoms with Gasteiger partial charge in [-0.25, -0.2) is 14.6 Å². The van der Waals surface area contributed by atoms with Gasteiger partial charge in [-0.15, -0.1) is 4.74 Å². The third kappa shape index (κ3) is 2.37. The van der Waals surface area contributed by atoms with Crippen LogP contribution in [-0.2, 0) is 0 Å². The van der Waals surface area contributed by atoms with Crippen LogP contribution in [0.25, 0.3) is 0 Å². The molecule has 14 heavy (non-hydrogen) atoms. The van der Waals surface area contributed by atoms with Crippen molar-refractivity contribution < 1.29 is 4.52 Å². The molecule has 1 rings (SSSR count). The molecule has 0 spiro atoms. The average Bonchev–Trinajstić information content (AvgIpc) is 2.45. The van der Waals surface area contributed by atoms with E-state index >= 15 is 0 Å². The van der Waals surface area contributed by atoms with Crippen molar-refractivity contribution in [1.82, 2.24) is 9.72 Å². The number of rotatable bonds is 5. The normalized spacial score (nSPS) is 11.1. The van der Waals surface area contributed by atoms with Crippen molar-refractivity contribution in [2.45, 2.75) is 45.6 Å². The van der Waals surface area contributed by atoms with Crippen molar-refractivity contribution in [3.8, 4) is 0 Å². The number of H-pyrrole nitrogens is 1. The van der Waals surface area contributed by atoms with Crippen molar-refractivity contribution in [1.29, 1.82) is 0 Å². The summed E-state index contributed by atoms with van der Waals surface area (Å²) < 4.78 is 5.94. The minimum Gasteiger partial charge on any atom is -0.317 e. The maximum atomic E-state index is 11.2. The molecule has 0 aliphatic heterocycles. The van der Waals surface area contributed by atoms with Crippen LogP contribution in [0.15, 0.2) is 14.1 Å². The van der Waals surface area contributed by atoms with Crippen LogP contribution < -0.4 is 11.4 Å². The number of hydrogen-bond acceptors (Lipinski definition) is 3. The summed E-state index contributed by atoms with van der Waals surface area (Å²) in [5, 5.41) is 0. The lowest BCUT2D eigenvalue weighted by Crippen LogP contribution is -2.21. The first kappa shape index (κ1) is 10.8. The predicted octanol–water partition coefficient (Wildman–Crippen LogP) is 1.27. The van der Waals surface area contributed by atoms with Gasteiger partial charge in [0.1, 0.15) is 0 Å². The molecule has 1 aromatic rings. The van der Waals surface area contributed by atoms with Gasteiger partial charge in [-0.1, -0.05) is 26.7 Å². The molecule has 80 valence electrons. The molecule has 0 amide bonds. The molecule has 0 unspecified atom stereocenters. The molecule has 5 nitrogen and oxygen atoms in total. The van der Waals surface area contributed by atoms with E-state index in [0.717, 1.165) is 30.4 Å². The van der Waals surface area contributed by atoms with E-state index in [1.54, 1.807) is 0 Å². The Morgan fingerprint density at radius 3 is 2.21 bits per heavy atom. The summed E-state index contributed by atoms with van der Waals surface area (Å²) >= 11 is 0. The Kier molecular flexibility index (Phi) is 3.73. The highest BCUT2D eigenvalue weighted by Gasteiger charge is 2.14. The number of aromatic amines is 1. The molecule has 0 atom stereocenters. The van der Waals surface area contributed by atoms with Crippen molar-refractivity contribution in [2.24, 2.45) is 0 Å². The standard InChI is InChI=1S/C9H16N2O3/c1-3-5-7(6-4-2)11-8(12)10-9(13)14-11/h7H,3-6H2,1-2H3,(H,10,12,13). The molecular formula is C9H16N2O3. The Hall–Kier alpha value is -1.26. The van der Waals surface area contributed by atoms with Gasteiger partial charge < -0.3 is 4.52 Å². The maximum absolute atomic E-state index is 11.2. The van der Waals surface area contributed by atoms with E-state index in [1.807, 2.05) is 13.8 Å². The van der Waals surface area contributed by atoms with Gasteiger partial charge in [-0.2, -0.15) is 0 Å². The van der Waals surface area contributed by atoms with E-state index in [1.165, 1.54) is 0 Å². The Balaban J connectivity index is 2.92. The highest BCUT2D eigenvalue weighted by molar-refractivity contribution is 4.66. The fraction of sp³-hybridized carbons (Fsp3) is 0.778. The molecule has 0 aliphatic rings. The molecule has 0 saturated carbocycles.